The van der Waals surface area contributed by atoms with Crippen molar-refractivity contribution in [3.8, 4) is 0 Å². The minimum Gasteiger partial charge on any atom is -0.398 e. The number of halogens is 1. The van der Waals surface area contributed by atoms with Gasteiger partial charge in [-0.15, -0.1) is 12.4 Å². The number of hydrogen-bond acceptors (Lipinski definition) is 2. The zero-order chi connectivity index (χ0) is 12.5. The third kappa shape index (κ3) is 2.57. The molecule has 0 aromatic heterocycles. The molecule has 0 spiro atoms. The number of anilines is 2. The van der Waals surface area contributed by atoms with Crippen molar-refractivity contribution < 1.29 is 4.79 Å². The van der Waals surface area contributed by atoms with Crippen LogP contribution in [0.25, 0.3) is 0 Å². The molecule has 0 radical (unpaired) electrons. The van der Waals surface area contributed by atoms with Crippen LogP contribution in [0, 0.1) is 5.92 Å². The number of rotatable bonds is 1. The van der Waals surface area contributed by atoms with E-state index in [0.29, 0.717) is 5.91 Å². The first kappa shape index (κ1) is 14.2. The van der Waals surface area contributed by atoms with Crippen LogP contribution in [-0.4, -0.2) is 12.5 Å². The lowest BCUT2D eigenvalue weighted by atomic mass is 9.97. The largest absolute Gasteiger partial charge is 0.398 e. The predicted molar refractivity (Wildman–Crippen MR) is 80.7 cm³/mol. The van der Waals surface area contributed by atoms with Gasteiger partial charge in [-0.25, -0.2) is 0 Å². The highest BCUT2D eigenvalue weighted by Crippen LogP contribution is 2.34. The van der Waals surface area contributed by atoms with Gasteiger partial charge in [0.05, 0.1) is 0 Å². The molecule has 0 atom stereocenters. The topological polar surface area (TPSA) is 46.3 Å². The molecule has 1 saturated carbocycles. The van der Waals surface area contributed by atoms with Crippen molar-refractivity contribution in [3.63, 3.8) is 0 Å². The van der Waals surface area contributed by atoms with Gasteiger partial charge in [0.1, 0.15) is 0 Å². The molecule has 1 amide bonds. The molecule has 3 rings (SSSR count). The average Bonchev–Trinajstić information content (AvgIpc) is 2.92. The highest BCUT2D eigenvalue weighted by atomic mass is 35.5. The lowest BCUT2D eigenvalue weighted by Gasteiger charge is -2.32. The van der Waals surface area contributed by atoms with Crippen molar-refractivity contribution in [2.24, 2.45) is 5.92 Å². The number of hydrogen-bond donors (Lipinski definition) is 1. The van der Waals surface area contributed by atoms with E-state index in [2.05, 4.69) is 0 Å². The number of carbonyl (C=O) groups excluding carboxylic acids is 1. The molecule has 2 N–H and O–H groups in total. The smallest absolute Gasteiger partial charge is 0.230 e. The maximum atomic E-state index is 12.6. The van der Waals surface area contributed by atoms with E-state index in [1.807, 2.05) is 23.1 Å². The first-order valence-corrected chi connectivity index (χ1v) is 6.96. The summed E-state index contributed by atoms with van der Waals surface area (Å²) in [5.41, 5.74) is 9.07. The summed E-state index contributed by atoms with van der Waals surface area (Å²) >= 11 is 0. The Kier molecular flexibility index (Phi) is 4.35. The van der Waals surface area contributed by atoms with Crippen LogP contribution in [0.15, 0.2) is 18.2 Å². The Labute approximate surface area is 120 Å². The van der Waals surface area contributed by atoms with Crippen molar-refractivity contribution in [2.45, 2.75) is 38.5 Å². The van der Waals surface area contributed by atoms with Gasteiger partial charge in [0.2, 0.25) is 5.91 Å². The highest BCUT2D eigenvalue weighted by molar-refractivity contribution is 5.97. The molecule has 0 saturated heterocycles. The van der Waals surface area contributed by atoms with Gasteiger partial charge in [0.15, 0.2) is 0 Å². The van der Waals surface area contributed by atoms with Gasteiger partial charge in [-0.2, -0.15) is 0 Å². The SMILES string of the molecule is Cl.Nc1cccc2c1CCCN2C(=O)C1CCCC1. The molecule has 1 aliphatic carbocycles. The van der Waals surface area contributed by atoms with Crippen LogP contribution in [0.1, 0.15) is 37.7 Å². The molecule has 1 aromatic carbocycles. The number of nitrogens with two attached hydrogens (primary N) is 1. The molecule has 0 unspecified atom stereocenters. The van der Waals surface area contributed by atoms with E-state index in [4.69, 9.17) is 5.73 Å². The van der Waals surface area contributed by atoms with Gasteiger partial charge >= 0.3 is 0 Å². The molecule has 4 heteroatoms. The van der Waals surface area contributed by atoms with E-state index in [1.165, 1.54) is 12.8 Å². The molecule has 1 aliphatic heterocycles. The van der Waals surface area contributed by atoms with Crippen LogP contribution in [0.3, 0.4) is 0 Å². The van der Waals surface area contributed by atoms with E-state index in [9.17, 15) is 4.79 Å². The molecule has 1 fully saturated rings. The maximum absolute atomic E-state index is 12.6. The fraction of sp³-hybridized carbons (Fsp3) is 0.533. The van der Waals surface area contributed by atoms with Crippen LogP contribution >= 0.6 is 12.4 Å². The quantitative estimate of drug-likeness (QED) is 0.803. The Morgan fingerprint density at radius 1 is 1.21 bits per heavy atom. The first-order chi connectivity index (χ1) is 8.77. The molecule has 2 aliphatic rings. The first-order valence-electron chi connectivity index (χ1n) is 6.96. The monoisotopic (exact) mass is 280 g/mol. The average molecular weight is 281 g/mol. The van der Waals surface area contributed by atoms with Crippen molar-refractivity contribution in [3.05, 3.63) is 23.8 Å². The van der Waals surface area contributed by atoms with E-state index in [-0.39, 0.29) is 18.3 Å². The second kappa shape index (κ2) is 5.83. The third-order valence-corrected chi connectivity index (χ3v) is 4.26. The minimum absolute atomic E-state index is 0. The zero-order valence-electron chi connectivity index (χ0n) is 11.1. The van der Waals surface area contributed by atoms with E-state index in [1.54, 1.807) is 0 Å². The summed E-state index contributed by atoms with van der Waals surface area (Å²) in [4.78, 5) is 14.5. The predicted octanol–water partition coefficient (Wildman–Crippen LogP) is 3.16. The number of amides is 1. The Morgan fingerprint density at radius 3 is 2.68 bits per heavy atom. The van der Waals surface area contributed by atoms with Gasteiger partial charge in [0.25, 0.3) is 0 Å². The molecule has 19 heavy (non-hydrogen) atoms. The van der Waals surface area contributed by atoms with Crippen molar-refractivity contribution in [1.29, 1.82) is 0 Å². The number of fused-ring (bicyclic) bond motifs is 1. The van der Waals surface area contributed by atoms with Gasteiger partial charge < -0.3 is 10.6 Å². The van der Waals surface area contributed by atoms with E-state index in [0.717, 1.165) is 49.2 Å². The van der Waals surface area contributed by atoms with Gasteiger partial charge in [-0.3, -0.25) is 4.79 Å². The normalized spacial score (nSPS) is 18.8. The Bertz CT molecular complexity index is 469. The maximum Gasteiger partial charge on any atom is 0.230 e. The fourth-order valence-corrected chi connectivity index (χ4v) is 3.27. The molecule has 3 nitrogen and oxygen atoms in total. The number of nitrogen functional groups attached to an aromatic ring is 1. The number of nitrogens with zero attached hydrogens (tertiary/aromatic N) is 1. The zero-order valence-corrected chi connectivity index (χ0v) is 11.9. The van der Waals surface area contributed by atoms with Gasteiger partial charge in [-0.1, -0.05) is 18.9 Å². The fourth-order valence-electron chi connectivity index (χ4n) is 3.27. The standard InChI is InChI=1S/C15H20N2O.ClH/c16-13-8-3-9-14-12(13)7-4-10-17(14)15(18)11-5-1-2-6-11;/h3,8-9,11H,1-2,4-7,10,16H2;1H. The third-order valence-electron chi connectivity index (χ3n) is 4.26. The molecule has 1 heterocycles. The molecular weight excluding hydrogens is 260 g/mol. The summed E-state index contributed by atoms with van der Waals surface area (Å²) in [7, 11) is 0. The lowest BCUT2D eigenvalue weighted by molar-refractivity contribution is -0.122. The Morgan fingerprint density at radius 2 is 1.95 bits per heavy atom. The lowest BCUT2D eigenvalue weighted by Crippen LogP contribution is -2.39. The summed E-state index contributed by atoms with van der Waals surface area (Å²) in [5.74, 6) is 0.566. The van der Waals surface area contributed by atoms with Crippen LogP contribution in [0.5, 0.6) is 0 Å². The van der Waals surface area contributed by atoms with Crippen LogP contribution < -0.4 is 10.6 Å². The van der Waals surface area contributed by atoms with Gasteiger partial charge in [-0.05, 0) is 43.4 Å². The highest BCUT2D eigenvalue weighted by Gasteiger charge is 2.30. The summed E-state index contributed by atoms with van der Waals surface area (Å²) in [6.07, 6.45) is 6.55. The molecule has 104 valence electrons. The summed E-state index contributed by atoms with van der Waals surface area (Å²) in [5, 5.41) is 0. The van der Waals surface area contributed by atoms with Crippen LogP contribution in [-0.2, 0) is 11.2 Å². The molecule has 0 bridgehead atoms. The summed E-state index contributed by atoms with van der Waals surface area (Å²) in [6, 6.07) is 5.93. The number of carbonyl (C=O) groups is 1. The molecule has 1 aromatic rings. The van der Waals surface area contributed by atoms with Crippen LogP contribution in [0.2, 0.25) is 0 Å². The summed E-state index contributed by atoms with van der Waals surface area (Å²) in [6.45, 7) is 0.853. The van der Waals surface area contributed by atoms with Gasteiger partial charge in [0, 0.05) is 23.8 Å². The second-order valence-electron chi connectivity index (χ2n) is 5.42. The minimum atomic E-state index is 0. The van der Waals surface area contributed by atoms with Crippen molar-refractivity contribution >= 4 is 29.7 Å². The van der Waals surface area contributed by atoms with Crippen LogP contribution in [0.4, 0.5) is 11.4 Å². The van der Waals surface area contributed by atoms with Crippen molar-refractivity contribution in [1.82, 2.24) is 0 Å². The second-order valence-corrected chi connectivity index (χ2v) is 5.42. The summed E-state index contributed by atoms with van der Waals surface area (Å²) < 4.78 is 0. The van der Waals surface area contributed by atoms with E-state index < -0.39 is 0 Å². The number of benzene rings is 1. The van der Waals surface area contributed by atoms with Crippen molar-refractivity contribution in [2.75, 3.05) is 17.2 Å². The Hall–Kier alpha value is -1.22. The van der Waals surface area contributed by atoms with E-state index >= 15 is 0 Å². The Balaban J connectivity index is 0.00000133. The molecular formula is C15H21ClN2O.